The highest BCUT2D eigenvalue weighted by Gasteiger charge is 2.11. The van der Waals surface area contributed by atoms with Crippen molar-refractivity contribution in [3.8, 4) is 11.8 Å². The number of aromatic nitrogens is 2. The highest BCUT2D eigenvalue weighted by atomic mass is 35.5. The third-order valence-corrected chi connectivity index (χ3v) is 3.60. The molecule has 0 atom stereocenters. The summed E-state index contributed by atoms with van der Waals surface area (Å²) < 4.78 is 1.50. The fourth-order valence-electron chi connectivity index (χ4n) is 2.25. The van der Waals surface area contributed by atoms with Crippen molar-refractivity contribution >= 4 is 22.6 Å². The van der Waals surface area contributed by atoms with E-state index in [0.717, 1.165) is 5.39 Å². The van der Waals surface area contributed by atoms with Crippen molar-refractivity contribution in [1.29, 1.82) is 5.26 Å². The molecule has 2 heterocycles. The van der Waals surface area contributed by atoms with E-state index >= 15 is 0 Å². The molecule has 21 heavy (non-hydrogen) atoms. The molecule has 0 amide bonds. The minimum absolute atomic E-state index is 0.160. The molecular weight excluding hydrogens is 286 g/mol. The Morgan fingerprint density at radius 2 is 2.10 bits per heavy atom. The topological polar surface area (TPSA) is 58.7 Å². The van der Waals surface area contributed by atoms with Crippen molar-refractivity contribution in [1.82, 2.24) is 9.55 Å². The quantitative estimate of drug-likeness (QED) is 0.692. The lowest BCUT2D eigenvalue weighted by Gasteiger charge is -2.11. The second kappa shape index (κ2) is 5.04. The molecule has 0 aliphatic rings. The Labute approximate surface area is 125 Å². The molecule has 0 N–H and O–H groups in total. The van der Waals surface area contributed by atoms with Gasteiger partial charge in [-0.1, -0.05) is 11.6 Å². The van der Waals surface area contributed by atoms with Crippen LogP contribution in [0.1, 0.15) is 11.1 Å². The maximum Gasteiger partial charge on any atom is 0.259 e. The van der Waals surface area contributed by atoms with Crippen LogP contribution in [0.15, 0.2) is 47.4 Å². The Bertz CT molecular complexity index is 954. The fraction of sp³-hybridized carbons (Fsp3) is 0.0625. The molecule has 0 saturated carbocycles. The van der Waals surface area contributed by atoms with Gasteiger partial charge in [0.15, 0.2) is 0 Å². The van der Waals surface area contributed by atoms with Gasteiger partial charge in [0, 0.05) is 17.1 Å². The molecular formula is C16H10ClN3O. The molecule has 0 unspecified atom stereocenters. The van der Waals surface area contributed by atoms with Crippen LogP contribution in [0.25, 0.3) is 16.7 Å². The molecule has 0 bridgehead atoms. The van der Waals surface area contributed by atoms with Gasteiger partial charge in [0.05, 0.1) is 16.3 Å². The van der Waals surface area contributed by atoms with Crippen molar-refractivity contribution in [2.24, 2.45) is 0 Å². The molecule has 1 aromatic carbocycles. The average molecular weight is 296 g/mol. The van der Waals surface area contributed by atoms with E-state index in [0.29, 0.717) is 27.5 Å². The lowest BCUT2D eigenvalue weighted by Crippen LogP contribution is -2.21. The Kier molecular flexibility index (Phi) is 3.20. The van der Waals surface area contributed by atoms with Crippen LogP contribution < -0.4 is 5.56 Å². The monoisotopic (exact) mass is 295 g/mol. The number of hydrogen-bond acceptors (Lipinski definition) is 3. The number of fused-ring (bicyclic) bond motifs is 1. The van der Waals surface area contributed by atoms with Crippen LogP contribution in [0.5, 0.6) is 0 Å². The Morgan fingerprint density at radius 3 is 2.86 bits per heavy atom. The van der Waals surface area contributed by atoms with Gasteiger partial charge >= 0.3 is 0 Å². The summed E-state index contributed by atoms with van der Waals surface area (Å²) in [6, 6.07) is 12.5. The van der Waals surface area contributed by atoms with E-state index < -0.39 is 0 Å². The second-order valence-electron chi connectivity index (χ2n) is 4.66. The van der Waals surface area contributed by atoms with Crippen molar-refractivity contribution in [2.75, 3.05) is 0 Å². The molecule has 5 heteroatoms. The standard InChI is InChI=1S/C16H10ClN3O/c1-10-7-11-3-2-6-19-15(11)20(16(10)21)13-4-5-14(17)12(8-13)9-18/h2-8H,1H3. The van der Waals surface area contributed by atoms with E-state index in [2.05, 4.69) is 4.98 Å². The van der Waals surface area contributed by atoms with Crippen LogP contribution in [0.3, 0.4) is 0 Å². The molecule has 0 spiro atoms. The molecule has 0 aliphatic heterocycles. The van der Waals surface area contributed by atoms with E-state index in [1.165, 1.54) is 4.57 Å². The van der Waals surface area contributed by atoms with Gasteiger partial charge in [-0.3, -0.25) is 9.36 Å². The van der Waals surface area contributed by atoms with E-state index in [-0.39, 0.29) is 5.56 Å². The van der Waals surface area contributed by atoms with Crippen LogP contribution >= 0.6 is 11.6 Å². The van der Waals surface area contributed by atoms with Crippen LogP contribution in [-0.2, 0) is 0 Å². The molecule has 3 aromatic rings. The van der Waals surface area contributed by atoms with Crippen LogP contribution in [0, 0.1) is 18.3 Å². The minimum Gasteiger partial charge on any atom is -0.269 e. The average Bonchev–Trinajstić information content (AvgIpc) is 2.49. The van der Waals surface area contributed by atoms with Gasteiger partial charge in [0.25, 0.3) is 5.56 Å². The highest BCUT2D eigenvalue weighted by molar-refractivity contribution is 6.31. The van der Waals surface area contributed by atoms with Crippen LogP contribution in [-0.4, -0.2) is 9.55 Å². The van der Waals surface area contributed by atoms with Gasteiger partial charge in [-0.2, -0.15) is 5.26 Å². The van der Waals surface area contributed by atoms with Crippen molar-refractivity contribution in [3.63, 3.8) is 0 Å². The van der Waals surface area contributed by atoms with E-state index in [9.17, 15) is 4.79 Å². The van der Waals surface area contributed by atoms with E-state index in [1.807, 2.05) is 24.3 Å². The number of nitriles is 1. The number of benzene rings is 1. The van der Waals surface area contributed by atoms with Gasteiger partial charge in [-0.05, 0) is 43.3 Å². The predicted molar refractivity (Wildman–Crippen MR) is 81.8 cm³/mol. The summed E-state index contributed by atoms with van der Waals surface area (Å²) in [5.41, 5.74) is 1.91. The third kappa shape index (κ3) is 2.18. The minimum atomic E-state index is -0.160. The van der Waals surface area contributed by atoms with Gasteiger partial charge in [0.1, 0.15) is 11.7 Å². The summed E-state index contributed by atoms with van der Waals surface area (Å²) in [6.45, 7) is 1.76. The van der Waals surface area contributed by atoms with Gasteiger partial charge < -0.3 is 0 Å². The Morgan fingerprint density at radius 1 is 1.29 bits per heavy atom. The van der Waals surface area contributed by atoms with Gasteiger partial charge in [0.2, 0.25) is 0 Å². The summed E-state index contributed by atoms with van der Waals surface area (Å²) >= 11 is 5.95. The first-order valence-electron chi connectivity index (χ1n) is 6.29. The highest BCUT2D eigenvalue weighted by Crippen LogP contribution is 2.21. The Balaban J connectivity index is 2.42. The predicted octanol–water partition coefficient (Wildman–Crippen LogP) is 3.22. The lowest BCUT2D eigenvalue weighted by atomic mass is 10.1. The molecule has 4 nitrogen and oxygen atoms in total. The summed E-state index contributed by atoms with van der Waals surface area (Å²) in [5.74, 6) is 0. The van der Waals surface area contributed by atoms with Gasteiger partial charge in [-0.25, -0.2) is 4.98 Å². The molecule has 2 aromatic heterocycles. The molecule has 3 rings (SSSR count). The molecule has 102 valence electrons. The fourth-order valence-corrected chi connectivity index (χ4v) is 2.41. The summed E-state index contributed by atoms with van der Waals surface area (Å²) in [4.78, 5) is 16.8. The largest absolute Gasteiger partial charge is 0.269 e. The first-order chi connectivity index (χ1) is 10.1. The number of nitrogens with zero attached hydrogens (tertiary/aromatic N) is 3. The maximum atomic E-state index is 12.5. The Hall–Kier alpha value is -2.64. The van der Waals surface area contributed by atoms with Crippen LogP contribution in [0.2, 0.25) is 5.02 Å². The second-order valence-corrected chi connectivity index (χ2v) is 5.07. The van der Waals surface area contributed by atoms with Crippen LogP contribution in [0.4, 0.5) is 0 Å². The lowest BCUT2D eigenvalue weighted by molar-refractivity contribution is 0.995. The van der Waals surface area contributed by atoms with Crippen molar-refractivity contribution in [2.45, 2.75) is 6.92 Å². The zero-order chi connectivity index (χ0) is 15.0. The summed E-state index contributed by atoms with van der Waals surface area (Å²) in [7, 11) is 0. The molecule has 0 saturated heterocycles. The zero-order valence-electron chi connectivity index (χ0n) is 11.2. The van der Waals surface area contributed by atoms with E-state index in [4.69, 9.17) is 16.9 Å². The number of halogens is 1. The van der Waals surface area contributed by atoms with Gasteiger partial charge in [-0.15, -0.1) is 0 Å². The molecule has 0 fully saturated rings. The summed E-state index contributed by atoms with van der Waals surface area (Å²) in [6.07, 6.45) is 1.63. The first-order valence-corrected chi connectivity index (χ1v) is 6.67. The zero-order valence-corrected chi connectivity index (χ0v) is 11.9. The number of hydrogen-bond donors (Lipinski definition) is 0. The van der Waals surface area contributed by atoms with Crippen molar-refractivity contribution in [3.05, 3.63) is 69.1 Å². The SMILES string of the molecule is Cc1cc2cccnc2n(-c2ccc(Cl)c(C#N)c2)c1=O. The third-order valence-electron chi connectivity index (χ3n) is 3.27. The smallest absolute Gasteiger partial charge is 0.259 e. The first kappa shape index (κ1) is 13.3. The normalized spacial score (nSPS) is 10.5. The summed E-state index contributed by atoms with van der Waals surface area (Å²) in [5, 5.41) is 10.3. The molecule has 0 radical (unpaired) electrons. The van der Waals surface area contributed by atoms with E-state index in [1.54, 1.807) is 31.3 Å². The number of rotatable bonds is 1. The maximum absolute atomic E-state index is 12.5. The van der Waals surface area contributed by atoms with Crippen molar-refractivity contribution < 1.29 is 0 Å². The number of aryl methyl sites for hydroxylation is 1. The molecule has 0 aliphatic carbocycles. The number of pyridine rings is 2.